The Morgan fingerprint density at radius 2 is 1.83 bits per heavy atom. The SMILES string of the molecule is CO[C@@H](C)c1noc(CN2CCCN(Cc3ccncc3)CC2)n1. The molecule has 0 saturated carbocycles. The number of ether oxygens (including phenoxy) is 1. The molecule has 2 aromatic rings. The molecule has 1 fully saturated rings. The Hall–Kier alpha value is -1.83. The van der Waals surface area contributed by atoms with Crippen LogP contribution in [-0.2, 0) is 17.8 Å². The molecule has 24 heavy (non-hydrogen) atoms. The van der Waals surface area contributed by atoms with Crippen molar-refractivity contribution in [1.29, 1.82) is 0 Å². The molecular formula is C17H25N5O2. The second-order valence-corrected chi connectivity index (χ2v) is 6.19. The number of nitrogens with zero attached hydrogens (tertiary/aromatic N) is 5. The molecule has 130 valence electrons. The van der Waals surface area contributed by atoms with E-state index in [1.165, 1.54) is 5.56 Å². The summed E-state index contributed by atoms with van der Waals surface area (Å²) in [4.78, 5) is 13.4. The molecule has 3 heterocycles. The Labute approximate surface area is 142 Å². The number of hydrogen-bond donors (Lipinski definition) is 0. The van der Waals surface area contributed by atoms with Gasteiger partial charge in [-0.25, -0.2) is 0 Å². The molecular weight excluding hydrogens is 306 g/mol. The Morgan fingerprint density at radius 3 is 2.54 bits per heavy atom. The summed E-state index contributed by atoms with van der Waals surface area (Å²) >= 11 is 0. The molecule has 3 rings (SSSR count). The number of pyridine rings is 1. The van der Waals surface area contributed by atoms with Crippen molar-refractivity contribution >= 4 is 0 Å². The van der Waals surface area contributed by atoms with Gasteiger partial charge in [-0.05, 0) is 44.1 Å². The van der Waals surface area contributed by atoms with Crippen LogP contribution in [0.25, 0.3) is 0 Å². The fourth-order valence-electron chi connectivity index (χ4n) is 2.88. The normalized spacial score (nSPS) is 18.4. The lowest BCUT2D eigenvalue weighted by Crippen LogP contribution is -2.30. The lowest BCUT2D eigenvalue weighted by Gasteiger charge is -2.20. The summed E-state index contributed by atoms with van der Waals surface area (Å²) in [7, 11) is 1.65. The van der Waals surface area contributed by atoms with E-state index >= 15 is 0 Å². The van der Waals surface area contributed by atoms with Crippen molar-refractivity contribution < 1.29 is 9.26 Å². The molecule has 0 aliphatic carbocycles. The fraction of sp³-hybridized carbons (Fsp3) is 0.588. The molecule has 0 aromatic carbocycles. The standard InChI is InChI=1S/C17H25N5O2/c1-14(23-2)17-19-16(24-20-17)13-22-9-3-8-21(10-11-22)12-15-4-6-18-7-5-15/h4-7,14H,3,8-13H2,1-2H3/t14-/m0/s1. The minimum Gasteiger partial charge on any atom is -0.374 e. The van der Waals surface area contributed by atoms with E-state index < -0.39 is 0 Å². The third-order valence-electron chi connectivity index (χ3n) is 4.40. The van der Waals surface area contributed by atoms with E-state index in [9.17, 15) is 0 Å². The number of hydrogen-bond acceptors (Lipinski definition) is 7. The van der Waals surface area contributed by atoms with Gasteiger partial charge in [-0.15, -0.1) is 0 Å². The number of aromatic nitrogens is 3. The Kier molecular flexibility index (Phi) is 5.90. The van der Waals surface area contributed by atoms with Gasteiger partial charge in [0.15, 0.2) is 5.82 Å². The molecule has 1 atom stereocenters. The Morgan fingerprint density at radius 1 is 1.12 bits per heavy atom. The van der Waals surface area contributed by atoms with Crippen LogP contribution < -0.4 is 0 Å². The zero-order chi connectivity index (χ0) is 16.8. The summed E-state index contributed by atoms with van der Waals surface area (Å²) in [6, 6.07) is 4.17. The van der Waals surface area contributed by atoms with Crippen LogP contribution >= 0.6 is 0 Å². The monoisotopic (exact) mass is 331 g/mol. The van der Waals surface area contributed by atoms with Crippen LogP contribution in [0.1, 0.15) is 36.7 Å². The average molecular weight is 331 g/mol. The van der Waals surface area contributed by atoms with Gasteiger partial charge < -0.3 is 9.26 Å². The van der Waals surface area contributed by atoms with Crippen molar-refractivity contribution in [3.8, 4) is 0 Å². The van der Waals surface area contributed by atoms with Gasteiger partial charge in [0.2, 0.25) is 5.89 Å². The first-order valence-electron chi connectivity index (χ1n) is 8.43. The zero-order valence-electron chi connectivity index (χ0n) is 14.4. The second-order valence-electron chi connectivity index (χ2n) is 6.19. The minimum absolute atomic E-state index is 0.137. The third-order valence-corrected chi connectivity index (χ3v) is 4.40. The lowest BCUT2D eigenvalue weighted by molar-refractivity contribution is 0.109. The average Bonchev–Trinajstić information content (AvgIpc) is 2.97. The van der Waals surface area contributed by atoms with Gasteiger partial charge in [0, 0.05) is 39.1 Å². The largest absolute Gasteiger partial charge is 0.374 e. The Bertz CT molecular complexity index is 618. The maximum absolute atomic E-state index is 5.35. The van der Waals surface area contributed by atoms with Crippen molar-refractivity contribution in [2.24, 2.45) is 0 Å². The summed E-state index contributed by atoms with van der Waals surface area (Å²) in [5.74, 6) is 1.28. The molecule has 0 amide bonds. The first-order chi connectivity index (χ1) is 11.7. The molecule has 0 unspecified atom stereocenters. The molecule has 0 N–H and O–H groups in total. The van der Waals surface area contributed by atoms with Crippen molar-refractivity contribution in [2.45, 2.75) is 32.5 Å². The van der Waals surface area contributed by atoms with Crippen LogP contribution in [0.5, 0.6) is 0 Å². The predicted molar refractivity (Wildman–Crippen MR) is 89.1 cm³/mol. The maximum atomic E-state index is 5.35. The van der Waals surface area contributed by atoms with Crippen molar-refractivity contribution in [2.75, 3.05) is 33.3 Å². The molecule has 7 heteroatoms. The van der Waals surface area contributed by atoms with Crippen molar-refractivity contribution in [3.63, 3.8) is 0 Å². The van der Waals surface area contributed by atoms with Gasteiger partial charge in [0.05, 0.1) is 6.54 Å². The zero-order valence-corrected chi connectivity index (χ0v) is 14.4. The topological polar surface area (TPSA) is 67.5 Å². The summed E-state index contributed by atoms with van der Waals surface area (Å²) in [5.41, 5.74) is 1.31. The minimum atomic E-state index is -0.137. The highest BCUT2D eigenvalue weighted by Gasteiger charge is 2.19. The molecule has 1 saturated heterocycles. The van der Waals surface area contributed by atoms with E-state index in [4.69, 9.17) is 9.26 Å². The summed E-state index contributed by atoms with van der Waals surface area (Å²) < 4.78 is 10.6. The second kappa shape index (κ2) is 8.32. The van der Waals surface area contributed by atoms with E-state index in [2.05, 4.69) is 37.1 Å². The molecule has 1 aliphatic rings. The first-order valence-corrected chi connectivity index (χ1v) is 8.43. The van der Waals surface area contributed by atoms with Crippen LogP contribution in [0.4, 0.5) is 0 Å². The van der Waals surface area contributed by atoms with Gasteiger partial charge in [-0.2, -0.15) is 4.98 Å². The van der Waals surface area contributed by atoms with Gasteiger partial charge >= 0.3 is 0 Å². The molecule has 0 radical (unpaired) electrons. The summed E-state index contributed by atoms with van der Waals surface area (Å²) in [5, 5.41) is 3.99. The van der Waals surface area contributed by atoms with Gasteiger partial charge in [0.1, 0.15) is 6.10 Å². The van der Waals surface area contributed by atoms with E-state index in [-0.39, 0.29) is 6.10 Å². The van der Waals surface area contributed by atoms with E-state index in [0.717, 1.165) is 39.1 Å². The van der Waals surface area contributed by atoms with Crippen molar-refractivity contribution in [1.82, 2.24) is 24.9 Å². The van der Waals surface area contributed by atoms with Gasteiger partial charge in [0.25, 0.3) is 0 Å². The van der Waals surface area contributed by atoms with Crippen LogP contribution in [-0.4, -0.2) is 58.2 Å². The number of methoxy groups -OCH3 is 1. The van der Waals surface area contributed by atoms with Gasteiger partial charge in [-0.3, -0.25) is 14.8 Å². The number of rotatable bonds is 6. The van der Waals surface area contributed by atoms with E-state index in [1.807, 2.05) is 19.3 Å². The summed E-state index contributed by atoms with van der Waals surface area (Å²) in [6.45, 7) is 7.79. The van der Waals surface area contributed by atoms with Crippen LogP contribution in [0.3, 0.4) is 0 Å². The van der Waals surface area contributed by atoms with Gasteiger partial charge in [-0.1, -0.05) is 5.16 Å². The van der Waals surface area contributed by atoms with E-state index in [1.54, 1.807) is 7.11 Å². The molecule has 0 bridgehead atoms. The van der Waals surface area contributed by atoms with Crippen LogP contribution in [0, 0.1) is 0 Å². The quantitative estimate of drug-likeness (QED) is 0.800. The predicted octanol–water partition coefficient (Wildman–Crippen LogP) is 1.88. The highest BCUT2D eigenvalue weighted by molar-refractivity contribution is 5.09. The lowest BCUT2D eigenvalue weighted by atomic mass is 10.2. The summed E-state index contributed by atoms with van der Waals surface area (Å²) in [6.07, 6.45) is 4.71. The highest BCUT2D eigenvalue weighted by atomic mass is 16.5. The smallest absolute Gasteiger partial charge is 0.240 e. The third kappa shape index (κ3) is 4.59. The molecule has 7 nitrogen and oxygen atoms in total. The fourth-order valence-corrected chi connectivity index (χ4v) is 2.88. The van der Waals surface area contributed by atoms with Crippen molar-refractivity contribution in [3.05, 3.63) is 41.8 Å². The van der Waals surface area contributed by atoms with Crippen LogP contribution in [0.2, 0.25) is 0 Å². The maximum Gasteiger partial charge on any atom is 0.240 e. The molecule has 2 aromatic heterocycles. The van der Waals surface area contributed by atoms with Crippen LogP contribution in [0.15, 0.2) is 29.0 Å². The van der Waals surface area contributed by atoms with E-state index in [0.29, 0.717) is 18.3 Å². The first kappa shape index (κ1) is 17.0. The highest BCUT2D eigenvalue weighted by Crippen LogP contribution is 2.14. The molecule has 0 spiro atoms. The Balaban J connectivity index is 1.51. The molecule has 1 aliphatic heterocycles.